The van der Waals surface area contributed by atoms with Gasteiger partial charge >= 0.3 is 0 Å². The number of hydrogen-bond acceptors (Lipinski definition) is 5. The Morgan fingerprint density at radius 3 is 2.83 bits per heavy atom. The lowest BCUT2D eigenvalue weighted by Crippen LogP contribution is -2.32. The molecule has 2 amide bonds. The van der Waals surface area contributed by atoms with Gasteiger partial charge in [-0.2, -0.15) is 0 Å². The highest BCUT2D eigenvalue weighted by Gasteiger charge is 2.35. The Labute approximate surface area is 172 Å². The average Bonchev–Trinajstić information content (AvgIpc) is 3.40. The van der Waals surface area contributed by atoms with Gasteiger partial charge in [-0.3, -0.25) is 9.59 Å². The SMILES string of the molecule is COc1cccc(-c2cc(CNC(=O)C3CC(=O)N(c4ccc(F)cc4)C3)no2)c1. The molecule has 0 spiro atoms. The highest BCUT2D eigenvalue weighted by molar-refractivity contribution is 6.00. The van der Waals surface area contributed by atoms with Gasteiger partial charge in [-0.1, -0.05) is 17.3 Å². The first-order valence-corrected chi connectivity index (χ1v) is 9.47. The molecule has 3 aromatic rings. The molecule has 1 aliphatic rings. The maximum absolute atomic E-state index is 13.1. The standard InChI is InChI=1S/C22H20FN3O4/c1-29-19-4-2-3-14(9-19)20-11-17(25-30-20)12-24-22(28)15-10-21(27)26(13-15)18-7-5-16(23)6-8-18/h2-9,11,15H,10,12-13H2,1H3,(H,24,28). The summed E-state index contributed by atoms with van der Waals surface area (Å²) < 4.78 is 23.7. The number of benzene rings is 2. The van der Waals surface area contributed by atoms with Crippen LogP contribution in [0.1, 0.15) is 12.1 Å². The van der Waals surface area contributed by atoms with E-state index in [-0.39, 0.29) is 37.1 Å². The molecule has 2 aromatic carbocycles. The third-order valence-corrected chi connectivity index (χ3v) is 4.99. The summed E-state index contributed by atoms with van der Waals surface area (Å²) in [4.78, 5) is 26.3. The summed E-state index contributed by atoms with van der Waals surface area (Å²) in [5, 5.41) is 6.79. The second kappa shape index (κ2) is 8.36. The van der Waals surface area contributed by atoms with Crippen LogP contribution in [0.3, 0.4) is 0 Å². The van der Waals surface area contributed by atoms with Crippen LogP contribution in [-0.4, -0.2) is 30.6 Å². The molecule has 154 valence electrons. The Morgan fingerprint density at radius 1 is 1.27 bits per heavy atom. The van der Waals surface area contributed by atoms with Gasteiger partial charge in [0.15, 0.2) is 5.76 Å². The highest BCUT2D eigenvalue weighted by atomic mass is 19.1. The lowest BCUT2D eigenvalue weighted by Gasteiger charge is -2.16. The van der Waals surface area contributed by atoms with Crippen LogP contribution >= 0.6 is 0 Å². The van der Waals surface area contributed by atoms with Crippen LogP contribution in [0.15, 0.2) is 59.1 Å². The average molecular weight is 409 g/mol. The molecule has 1 atom stereocenters. The lowest BCUT2D eigenvalue weighted by atomic mass is 10.1. The Morgan fingerprint density at radius 2 is 2.07 bits per heavy atom. The molecule has 2 heterocycles. The van der Waals surface area contributed by atoms with Crippen molar-refractivity contribution >= 4 is 17.5 Å². The number of carbonyl (C=O) groups is 2. The van der Waals surface area contributed by atoms with Crippen molar-refractivity contribution in [3.8, 4) is 17.1 Å². The van der Waals surface area contributed by atoms with Gasteiger partial charge in [0.2, 0.25) is 11.8 Å². The first-order valence-electron chi connectivity index (χ1n) is 9.47. The number of aromatic nitrogens is 1. The van der Waals surface area contributed by atoms with Crippen LogP contribution in [0.25, 0.3) is 11.3 Å². The summed E-state index contributed by atoms with van der Waals surface area (Å²) in [6.45, 7) is 0.442. The fourth-order valence-electron chi connectivity index (χ4n) is 3.38. The van der Waals surface area contributed by atoms with E-state index in [9.17, 15) is 14.0 Å². The van der Waals surface area contributed by atoms with Crippen molar-refractivity contribution in [1.82, 2.24) is 10.5 Å². The molecule has 0 bridgehead atoms. The molecule has 1 saturated heterocycles. The minimum absolute atomic E-state index is 0.108. The molecule has 1 aliphatic heterocycles. The Kier molecular flexibility index (Phi) is 5.47. The topological polar surface area (TPSA) is 84.7 Å². The fraction of sp³-hybridized carbons (Fsp3) is 0.227. The monoisotopic (exact) mass is 409 g/mol. The van der Waals surface area contributed by atoms with Crippen molar-refractivity contribution in [1.29, 1.82) is 0 Å². The zero-order valence-corrected chi connectivity index (χ0v) is 16.3. The number of nitrogens with zero attached hydrogens (tertiary/aromatic N) is 2. The van der Waals surface area contributed by atoms with E-state index in [0.29, 0.717) is 22.9 Å². The van der Waals surface area contributed by atoms with E-state index in [1.807, 2.05) is 24.3 Å². The quantitative estimate of drug-likeness (QED) is 0.676. The number of hydrogen-bond donors (Lipinski definition) is 1. The molecule has 0 radical (unpaired) electrons. The summed E-state index contributed by atoms with van der Waals surface area (Å²) in [6, 6.07) is 14.8. The minimum Gasteiger partial charge on any atom is -0.497 e. The van der Waals surface area contributed by atoms with Gasteiger partial charge < -0.3 is 19.5 Å². The van der Waals surface area contributed by atoms with E-state index in [1.165, 1.54) is 29.2 Å². The van der Waals surface area contributed by atoms with Crippen molar-refractivity contribution in [3.63, 3.8) is 0 Å². The minimum atomic E-state index is -0.479. The second-order valence-corrected chi connectivity index (χ2v) is 7.01. The van der Waals surface area contributed by atoms with Crippen molar-refractivity contribution < 1.29 is 23.2 Å². The Bertz CT molecular complexity index is 1060. The summed E-state index contributed by atoms with van der Waals surface area (Å²) in [5.41, 5.74) is 1.97. The molecule has 4 rings (SSSR count). The number of nitrogens with one attached hydrogen (secondary N) is 1. The largest absolute Gasteiger partial charge is 0.497 e. The third-order valence-electron chi connectivity index (χ3n) is 4.99. The van der Waals surface area contributed by atoms with Gasteiger partial charge in [-0.05, 0) is 36.4 Å². The van der Waals surface area contributed by atoms with E-state index < -0.39 is 5.92 Å². The van der Waals surface area contributed by atoms with Gasteiger partial charge in [0.1, 0.15) is 17.3 Å². The number of rotatable bonds is 6. The Balaban J connectivity index is 1.35. The molecule has 8 heteroatoms. The lowest BCUT2D eigenvalue weighted by molar-refractivity contribution is -0.126. The summed E-state index contributed by atoms with van der Waals surface area (Å²) in [6.07, 6.45) is 0.108. The molecule has 1 fully saturated rings. The fourth-order valence-corrected chi connectivity index (χ4v) is 3.38. The number of anilines is 1. The van der Waals surface area contributed by atoms with E-state index in [4.69, 9.17) is 9.26 Å². The van der Waals surface area contributed by atoms with E-state index >= 15 is 0 Å². The van der Waals surface area contributed by atoms with Gasteiger partial charge in [0.05, 0.1) is 19.6 Å². The first kappa shape index (κ1) is 19.6. The maximum atomic E-state index is 13.1. The molecule has 7 nitrogen and oxygen atoms in total. The molecule has 30 heavy (non-hydrogen) atoms. The van der Waals surface area contributed by atoms with Crippen LogP contribution in [0, 0.1) is 11.7 Å². The third kappa shape index (κ3) is 4.17. The molecule has 0 aliphatic carbocycles. The van der Waals surface area contributed by atoms with Gasteiger partial charge in [0, 0.05) is 30.3 Å². The number of carbonyl (C=O) groups excluding carboxylic acids is 2. The molecule has 0 saturated carbocycles. The number of halogens is 1. The van der Waals surface area contributed by atoms with Crippen molar-refractivity contribution in [2.45, 2.75) is 13.0 Å². The molecular weight excluding hydrogens is 389 g/mol. The molecule has 1 N–H and O–H groups in total. The predicted octanol–water partition coefficient (Wildman–Crippen LogP) is 3.16. The molecular formula is C22H20FN3O4. The van der Waals surface area contributed by atoms with Crippen LogP contribution in [0.5, 0.6) is 5.75 Å². The molecule has 1 unspecified atom stereocenters. The highest BCUT2D eigenvalue weighted by Crippen LogP contribution is 2.26. The second-order valence-electron chi connectivity index (χ2n) is 7.01. The van der Waals surface area contributed by atoms with E-state index in [0.717, 1.165) is 5.56 Å². The first-order chi connectivity index (χ1) is 14.5. The van der Waals surface area contributed by atoms with E-state index in [1.54, 1.807) is 13.2 Å². The zero-order valence-electron chi connectivity index (χ0n) is 16.3. The normalized spacial score (nSPS) is 16.0. The summed E-state index contributed by atoms with van der Waals surface area (Å²) >= 11 is 0. The Hall–Kier alpha value is -3.68. The van der Waals surface area contributed by atoms with Crippen molar-refractivity contribution in [2.75, 3.05) is 18.6 Å². The smallest absolute Gasteiger partial charge is 0.227 e. The number of methoxy groups -OCH3 is 1. The zero-order chi connectivity index (χ0) is 21.1. The van der Waals surface area contributed by atoms with Gasteiger partial charge in [0.25, 0.3) is 0 Å². The van der Waals surface area contributed by atoms with Gasteiger partial charge in [-0.15, -0.1) is 0 Å². The van der Waals surface area contributed by atoms with Crippen LogP contribution in [-0.2, 0) is 16.1 Å². The van der Waals surface area contributed by atoms with Crippen molar-refractivity contribution in [2.24, 2.45) is 5.92 Å². The number of amides is 2. The van der Waals surface area contributed by atoms with Gasteiger partial charge in [-0.25, -0.2) is 4.39 Å². The van der Waals surface area contributed by atoms with Crippen molar-refractivity contribution in [3.05, 3.63) is 66.1 Å². The summed E-state index contributed by atoms with van der Waals surface area (Å²) in [7, 11) is 1.59. The van der Waals surface area contributed by atoms with E-state index in [2.05, 4.69) is 10.5 Å². The predicted molar refractivity (Wildman–Crippen MR) is 107 cm³/mol. The summed E-state index contributed by atoms with van der Waals surface area (Å²) in [5.74, 6) is 0.0161. The maximum Gasteiger partial charge on any atom is 0.227 e. The van der Waals surface area contributed by atoms with Crippen LogP contribution < -0.4 is 15.0 Å². The molecule has 1 aromatic heterocycles. The number of ether oxygens (including phenoxy) is 1. The van der Waals surface area contributed by atoms with Crippen LogP contribution in [0.2, 0.25) is 0 Å². The van der Waals surface area contributed by atoms with Crippen LogP contribution in [0.4, 0.5) is 10.1 Å².